The number of esters is 1. The number of methoxy groups -OCH3 is 1. The Balaban J connectivity index is 1.17. The highest BCUT2D eigenvalue weighted by Gasteiger charge is 2.33. The number of nitrogens with zero attached hydrogens (tertiary/aromatic N) is 1. The summed E-state index contributed by atoms with van der Waals surface area (Å²) >= 11 is 0. The summed E-state index contributed by atoms with van der Waals surface area (Å²) in [4.78, 5) is 12.8. The maximum atomic E-state index is 13.1. The lowest BCUT2D eigenvalue weighted by molar-refractivity contribution is -0.151. The van der Waals surface area contributed by atoms with Crippen molar-refractivity contribution in [2.24, 2.45) is 5.92 Å². The number of fused-ring (bicyclic) bond motifs is 2. The zero-order valence-electron chi connectivity index (χ0n) is 19.4. The third-order valence-electron chi connectivity index (χ3n) is 6.43. The predicted octanol–water partition coefficient (Wildman–Crippen LogP) is 3.76. The van der Waals surface area contributed by atoms with Crippen LogP contribution in [0, 0.1) is 5.92 Å². The maximum absolute atomic E-state index is 13.1. The summed E-state index contributed by atoms with van der Waals surface area (Å²) in [6.07, 6.45) is 0.834. The molecule has 1 saturated heterocycles. The minimum absolute atomic E-state index is 0.164. The molecule has 2 heterocycles. The molecule has 0 atom stereocenters. The SMILES string of the molecule is COc1ccc2cc(COC(=O)C3CCN(S(=O)(=O)c4ccc5c(c4)OCCO5)CC3)ccc2c1. The van der Waals surface area contributed by atoms with Gasteiger partial charge in [-0.1, -0.05) is 18.2 Å². The van der Waals surface area contributed by atoms with Gasteiger partial charge in [-0.2, -0.15) is 4.31 Å². The van der Waals surface area contributed by atoms with Crippen molar-refractivity contribution in [3.8, 4) is 17.2 Å². The van der Waals surface area contributed by atoms with Crippen LogP contribution in [0.5, 0.6) is 17.2 Å². The molecular weight excluding hydrogens is 470 g/mol. The van der Waals surface area contributed by atoms with Crippen LogP contribution >= 0.6 is 0 Å². The Kier molecular flexibility index (Phi) is 6.53. The Morgan fingerprint density at radius 1 is 0.943 bits per heavy atom. The topological polar surface area (TPSA) is 91.4 Å². The van der Waals surface area contributed by atoms with Crippen LogP contribution in [-0.2, 0) is 26.2 Å². The van der Waals surface area contributed by atoms with Crippen LogP contribution in [0.4, 0.5) is 0 Å². The first kappa shape index (κ1) is 23.4. The highest BCUT2D eigenvalue weighted by molar-refractivity contribution is 7.89. The van der Waals surface area contributed by atoms with Crippen molar-refractivity contribution in [1.29, 1.82) is 0 Å². The van der Waals surface area contributed by atoms with Crippen molar-refractivity contribution >= 4 is 26.8 Å². The molecule has 0 unspecified atom stereocenters. The Hall–Kier alpha value is -3.30. The third-order valence-corrected chi connectivity index (χ3v) is 8.33. The van der Waals surface area contributed by atoms with Crippen LogP contribution < -0.4 is 14.2 Å². The van der Waals surface area contributed by atoms with Crippen molar-refractivity contribution in [2.75, 3.05) is 33.4 Å². The molecule has 0 amide bonds. The number of sulfonamides is 1. The Bertz CT molecular complexity index is 1350. The monoisotopic (exact) mass is 497 g/mol. The average molecular weight is 498 g/mol. The summed E-state index contributed by atoms with van der Waals surface area (Å²) in [6.45, 7) is 1.52. The van der Waals surface area contributed by atoms with Gasteiger partial charge in [0.25, 0.3) is 0 Å². The van der Waals surface area contributed by atoms with E-state index in [1.807, 2.05) is 36.4 Å². The van der Waals surface area contributed by atoms with E-state index in [0.29, 0.717) is 37.6 Å². The summed E-state index contributed by atoms with van der Waals surface area (Å²) in [7, 11) is -2.06. The molecule has 0 N–H and O–H groups in total. The largest absolute Gasteiger partial charge is 0.497 e. The lowest BCUT2D eigenvalue weighted by Gasteiger charge is -2.30. The van der Waals surface area contributed by atoms with E-state index >= 15 is 0 Å². The van der Waals surface area contributed by atoms with Crippen LogP contribution in [0.2, 0.25) is 0 Å². The molecule has 3 aromatic rings. The number of piperidine rings is 1. The Morgan fingerprint density at radius 2 is 1.66 bits per heavy atom. The van der Waals surface area contributed by atoms with E-state index in [2.05, 4.69) is 0 Å². The third kappa shape index (κ3) is 4.92. The molecule has 5 rings (SSSR count). The molecular formula is C26H27NO7S. The minimum atomic E-state index is -3.69. The van der Waals surface area contributed by atoms with E-state index in [1.54, 1.807) is 13.2 Å². The molecule has 9 heteroatoms. The van der Waals surface area contributed by atoms with Gasteiger partial charge in [0, 0.05) is 19.2 Å². The van der Waals surface area contributed by atoms with Crippen molar-refractivity contribution < 1.29 is 32.2 Å². The molecule has 0 spiro atoms. The first-order valence-corrected chi connectivity index (χ1v) is 13.0. The van der Waals surface area contributed by atoms with Gasteiger partial charge >= 0.3 is 5.97 Å². The molecule has 8 nitrogen and oxygen atoms in total. The van der Waals surface area contributed by atoms with Gasteiger partial charge in [0.15, 0.2) is 11.5 Å². The fourth-order valence-electron chi connectivity index (χ4n) is 4.43. The summed E-state index contributed by atoms with van der Waals surface area (Å²) < 4.78 is 49.5. The van der Waals surface area contributed by atoms with Crippen molar-refractivity contribution in [2.45, 2.75) is 24.3 Å². The maximum Gasteiger partial charge on any atom is 0.309 e. The van der Waals surface area contributed by atoms with E-state index in [4.69, 9.17) is 18.9 Å². The van der Waals surface area contributed by atoms with Gasteiger partial charge in [0.1, 0.15) is 25.6 Å². The smallest absolute Gasteiger partial charge is 0.309 e. The van der Waals surface area contributed by atoms with Crippen molar-refractivity contribution in [3.05, 3.63) is 60.2 Å². The Morgan fingerprint density at radius 3 is 2.43 bits per heavy atom. The van der Waals surface area contributed by atoms with Gasteiger partial charge in [-0.05, 0) is 59.5 Å². The summed E-state index contributed by atoms with van der Waals surface area (Å²) in [6, 6.07) is 16.4. The second-order valence-electron chi connectivity index (χ2n) is 8.64. The molecule has 2 aliphatic rings. The normalized spacial score (nSPS) is 16.7. The number of rotatable bonds is 6. The molecule has 3 aromatic carbocycles. The van der Waals surface area contributed by atoms with Gasteiger partial charge in [0.05, 0.1) is 17.9 Å². The van der Waals surface area contributed by atoms with Crippen molar-refractivity contribution in [3.63, 3.8) is 0 Å². The highest BCUT2D eigenvalue weighted by Crippen LogP contribution is 2.34. The summed E-state index contributed by atoms with van der Waals surface area (Å²) in [5.74, 6) is 1.15. The number of ether oxygens (including phenoxy) is 4. The van der Waals surface area contributed by atoms with E-state index < -0.39 is 10.0 Å². The molecule has 0 aliphatic carbocycles. The molecule has 1 fully saturated rings. The van der Waals surface area contributed by atoms with Gasteiger partial charge in [0.2, 0.25) is 10.0 Å². The minimum Gasteiger partial charge on any atom is -0.497 e. The van der Waals surface area contributed by atoms with Gasteiger partial charge < -0.3 is 18.9 Å². The van der Waals surface area contributed by atoms with E-state index in [-0.39, 0.29) is 36.5 Å². The van der Waals surface area contributed by atoms with Gasteiger partial charge in [-0.3, -0.25) is 4.79 Å². The number of carbonyl (C=O) groups excluding carboxylic acids is 1. The highest BCUT2D eigenvalue weighted by atomic mass is 32.2. The zero-order chi connectivity index (χ0) is 24.4. The van der Waals surface area contributed by atoms with Crippen LogP contribution in [-0.4, -0.2) is 52.1 Å². The van der Waals surface area contributed by atoms with Crippen LogP contribution in [0.15, 0.2) is 59.5 Å². The fourth-order valence-corrected chi connectivity index (χ4v) is 5.91. The first-order valence-electron chi connectivity index (χ1n) is 11.6. The number of hydrogen-bond acceptors (Lipinski definition) is 7. The van der Waals surface area contributed by atoms with Gasteiger partial charge in [-0.25, -0.2) is 8.42 Å². The van der Waals surface area contributed by atoms with Crippen LogP contribution in [0.3, 0.4) is 0 Å². The molecule has 0 aromatic heterocycles. The standard InChI is InChI=1S/C26H27NO7S/c1-31-22-5-4-20-14-18(2-3-21(20)15-22)17-34-26(28)19-8-10-27(11-9-19)35(29,30)23-6-7-24-25(16-23)33-13-12-32-24/h2-7,14-16,19H,8-13,17H2,1H3. The number of benzene rings is 3. The first-order chi connectivity index (χ1) is 16.9. The summed E-state index contributed by atoms with van der Waals surface area (Å²) in [5, 5.41) is 2.09. The molecule has 184 valence electrons. The second kappa shape index (κ2) is 9.75. The second-order valence-corrected chi connectivity index (χ2v) is 10.6. The molecule has 0 bridgehead atoms. The number of hydrogen-bond donors (Lipinski definition) is 0. The zero-order valence-corrected chi connectivity index (χ0v) is 20.3. The molecule has 0 saturated carbocycles. The predicted molar refractivity (Wildman–Crippen MR) is 129 cm³/mol. The van der Waals surface area contributed by atoms with Gasteiger partial charge in [-0.15, -0.1) is 0 Å². The van der Waals surface area contributed by atoms with Crippen molar-refractivity contribution in [1.82, 2.24) is 4.31 Å². The Labute approximate surface area is 204 Å². The molecule has 0 radical (unpaired) electrons. The average Bonchev–Trinajstić information content (AvgIpc) is 2.91. The molecule has 35 heavy (non-hydrogen) atoms. The lowest BCUT2D eigenvalue weighted by atomic mass is 9.98. The van der Waals surface area contributed by atoms with Crippen LogP contribution in [0.25, 0.3) is 10.8 Å². The lowest BCUT2D eigenvalue weighted by Crippen LogP contribution is -2.40. The van der Waals surface area contributed by atoms with E-state index in [1.165, 1.54) is 16.4 Å². The molecule has 2 aliphatic heterocycles. The number of carbonyl (C=O) groups is 1. The summed E-state index contributed by atoms with van der Waals surface area (Å²) in [5.41, 5.74) is 0.898. The van der Waals surface area contributed by atoms with Crippen LogP contribution in [0.1, 0.15) is 18.4 Å². The fraction of sp³-hybridized carbons (Fsp3) is 0.346. The van der Waals surface area contributed by atoms with E-state index in [0.717, 1.165) is 22.1 Å². The van der Waals surface area contributed by atoms with E-state index in [9.17, 15) is 13.2 Å². The quantitative estimate of drug-likeness (QED) is 0.479.